The molecule has 148 valence electrons. The summed E-state index contributed by atoms with van der Waals surface area (Å²) in [5, 5.41) is 12.0. The minimum Gasteiger partial charge on any atom is -0.324 e. The summed E-state index contributed by atoms with van der Waals surface area (Å²) in [7, 11) is 0. The van der Waals surface area contributed by atoms with Gasteiger partial charge in [0, 0.05) is 17.7 Å². The Labute approximate surface area is 173 Å². The van der Waals surface area contributed by atoms with Gasteiger partial charge in [-0.25, -0.2) is 5.01 Å². The number of hydrogen-bond donors (Lipinski definition) is 1. The fourth-order valence-electron chi connectivity index (χ4n) is 3.35. The molecule has 1 aliphatic rings. The number of amides is 1. The van der Waals surface area contributed by atoms with Crippen LogP contribution in [0, 0.1) is 4.91 Å². The van der Waals surface area contributed by atoms with Gasteiger partial charge in [0.15, 0.2) is 0 Å². The Morgan fingerprint density at radius 1 is 1.03 bits per heavy atom. The van der Waals surface area contributed by atoms with Gasteiger partial charge in [0.05, 0.1) is 17.1 Å². The molecule has 0 aliphatic carbocycles. The third kappa shape index (κ3) is 3.86. The average Bonchev–Trinajstić information content (AvgIpc) is 2.80. The van der Waals surface area contributed by atoms with E-state index in [4.69, 9.17) is 0 Å². The van der Waals surface area contributed by atoms with Gasteiger partial charge in [0.1, 0.15) is 6.29 Å². The number of nitroso groups, excluding NO2 is 1. The van der Waals surface area contributed by atoms with Crippen molar-refractivity contribution in [1.29, 1.82) is 0 Å². The molecule has 0 spiro atoms. The quantitative estimate of drug-likeness (QED) is 0.494. The summed E-state index contributed by atoms with van der Waals surface area (Å²) in [5.41, 5.74) is 3.71. The van der Waals surface area contributed by atoms with Crippen LogP contribution in [-0.2, 0) is 11.2 Å². The van der Waals surface area contributed by atoms with Crippen LogP contribution in [0.4, 0.5) is 17.1 Å². The third-order valence-electron chi connectivity index (χ3n) is 4.78. The zero-order valence-corrected chi connectivity index (χ0v) is 15.9. The molecule has 0 fully saturated rings. The highest BCUT2D eigenvalue weighted by Crippen LogP contribution is 2.34. The second-order valence-corrected chi connectivity index (χ2v) is 6.78. The van der Waals surface area contributed by atoms with E-state index in [0.717, 1.165) is 23.2 Å². The van der Waals surface area contributed by atoms with Crippen LogP contribution in [0.1, 0.15) is 15.9 Å². The molecule has 0 bridgehead atoms. The number of nitrogens with one attached hydrogen (secondary N) is 1. The van der Waals surface area contributed by atoms with Crippen molar-refractivity contribution in [3.63, 3.8) is 0 Å². The first-order valence-corrected chi connectivity index (χ1v) is 9.38. The van der Waals surface area contributed by atoms with E-state index >= 15 is 0 Å². The van der Waals surface area contributed by atoms with Crippen molar-refractivity contribution in [2.45, 2.75) is 12.5 Å². The maximum Gasteiger partial charge on any atom is 0.258 e. The monoisotopic (exact) mass is 398 g/mol. The summed E-state index contributed by atoms with van der Waals surface area (Å²) in [4.78, 5) is 35.7. The Balaban J connectivity index is 1.72. The Kier molecular flexibility index (Phi) is 5.43. The fourth-order valence-corrected chi connectivity index (χ4v) is 3.35. The van der Waals surface area contributed by atoms with Crippen molar-refractivity contribution in [3.05, 3.63) is 94.9 Å². The fraction of sp³-hybridized carbons (Fsp3) is 0.0870. The molecule has 1 unspecified atom stereocenters. The number of aldehydes is 1. The number of carbonyl (C=O) groups excluding carboxylic acids is 2. The SMILES string of the molecule is O=Cc1ccc2c(c1)CC(C(N=O)C(=O)Nc1ccccc1)=NN2c1ccccc1. The highest BCUT2D eigenvalue weighted by Gasteiger charge is 2.31. The van der Waals surface area contributed by atoms with Crippen molar-refractivity contribution in [2.75, 3.05) is 10.3 Å². The van der Waals surface area contributed by atoms with Crippen molar-refractivity contribution in [2.24, 2.45) is 10.3 Å². The molecule has 30 heavy (non-hydrogen) atoms. The Morgan fingerprint density at radius 3 is 2.40 bits per heavy atom. The van der Waals surface area contributed by atoms with Gasteiger partial charge in [-0.3, -0.25) is 9.59 Å². The highest BCUT2D eigenvalue weighted by atomic mass is 16.3. The van der Waals surface area contributed by atoms with Crippen LogP contribution in [0.15, 0.2) is 89.1 Å². The molecule has 1 aliphatic heterocycles. The van der Waals surface area contributed by atoms with Gasteiger partial charge in [0.25, 0.3) is 5.91 Å². The molecular formula is C23H18N4O3. The molecule has 4 rings (SSSR count). The standard InChI is InChI=1S/C23H18N4O3/c28-15-16-11-12-21-17(13-16)14-20(25-27(21)19-9-5-2-6-10-19)22(26-30)23(29)24-18-7-3-1-4-8-18/h1-13,15,22H,14H2,(H,24,29). The second kappa shape index (κ2) is 8.48. The molecule has 0 saturated heterocycles. The van der Waals surface area contributed by atoms with Gasteiger partial charge < -0.3 is 5.32 Å². The summed E-state index contributed by atoms with van der Waals surface area (Å²) in [6.45, 7) is 0. The third-order valence-corrected chi connectivity index (χ3v) is 4.78. The van der Waals surface area contributed by atoms with Crippen LogP contribution < -0.4 is 10.3 Å². The summed E-state index contributed by atoms with van der Waals surface area (Å²) in [6, 6.07) is 22.2. The van der Waals surface area contributed by atoms with E-state index in [1.54, 1.807) is 47.5 Å². The van der Waals surface area contributed by atoms with Gasteiger partial charge >= 0.3 is 0 Å². The molecule has 0 aromatic heterocycles. The van der Waals surface area contributed by atoms with E-state index in [9.17, 15) is 14.5 Å². The molecular weight excluding hydrogens is 380 g/mol. The molecule has 1 heterocycles. The maximum atomic E-state index is 12.8. The second-order valence-electron chi connectivity index (χ2n) is 6.78. The van der Waals surface area contributed by atoms with Crippen molar-refractivity contribution < 1.29 is 9.59 Å². The molecule has 7 nitrogen and oxygen atoms in total. The average molecular weight is 398 g/mol. The first-order chi connectivity index (χ1) is 14.7. The Bertz CT molecular complexity index is 1110. The van der Waals surface area contributed by atoms with Gasteiger partial charge in [0.2, 0.25) is 6.04 Å². The van der Waals surface area contributed by atoms with Crippen LogP contribution in [0.5, 0.6) is 0 Å². The lowest BCUT2D eigenvalue weighted by Gasteiger charge is -2.29. The van der Waals surface area contributed by atoms with Crippen LogP contribution >= 0.6 is 0 Å². The number of benzene rings is 3. The molecule has 3 aromatic rings. The number of nitrogens with zero attached hydrogens (tertiary/aromatic N) is 3. The van der Waals surface area contributed by atoms with Gasteiger partial charge in [-0.05, 0) is 48.0 Å². The van der Waals surface area contributed by atoms with Crippen LogP contribution in [0.2, 0.25) is 0 Å². The Hall–Kier alpha value is -4.13. The molecule has 0 saturated carbocycles. The summed E-state index contributed by atoms with van der Waals surface area (Å²) < 4.78 is 0. The highest BCUT2D eigenvalue weighted by molar-refractivity contribution is 6.14. The minimum absolute atomic E-state index is 0.235. The normalized spacial score (nSPS) is 13.6. The molecule has 1 atom stereocenters. The largest absolute Gasteiger partial charge is 0.324 e. The van der Waals surface area contributed by atoms with Gasteiger partial charge in [-0.15, -0.1) is 4.91 Å². The lowest BCUT2D eigenvalue weighted by Crippen LogP contribution is -2.37. The van der Waals surface area contributed by atoms with Crippen LogP contribution in [-0.4, -0.2) is 23.9 Å². The number of hydrazone groups is 1. The number of anilines is 3. The number of hydrogen-bond acceptors (Lipinski definition) is 6. The topological polar surface area (TPSA) is 91.2 Å². The predicted molar refractivity (Wildman–Crippen MR) is 116 cm³/mol. The van der Waals surface area contributed by atoms with E-state index in [1.165, 1.54) is 0 Å². The maximum absolute atomic E-state index is 12.8. The predicted octanol–water partition coefficient (Wildman–Crippen LogP) is 4.32. The van der Waals surface area contributed by atoms with Gasteiger partial charge in [-0.2, -0.15) is 5.10 Å². The zero-order chi connectivity index (χ0) is 20.9. The zero-order valence-electron chi connectivity index (χ0n) is 15.9. The van der Waals surface area contributed by atoms with Crippen molar-refractivity contribution in [3.8, 4) is 0 Å². The minimum atomic E-state index is -1.30. The molecule has 0 radical (unpaired) electrons. The van der Waals surface area contributed by atoms with Crippen molar-refractivity contribution in [1.82, 2.24) is 0 Å². The van der Waals surface area contributed by atoms with Crippen LogP contribution in [0.25, 0.3) is 0 Å². The first kappa shape index (κ1) is 19.2. The van der Waals surface area contributed by atoms with E-state index in [2.05, 4.69) is 15.6 Å². The number of fused-ring (bicyclic) bond motifs is 1. The van der Waals surface area contributed by atoms with Crippen molar-refractivity contribution >= 4 is 35.0 Å². The first-order valence-electron chi connectivity index (χ1n) is 9.38. The van der Waals surface area contributed by atoms with Crippen LogP contribution in [0.3, 0.4) is 0 Å². The van der Waals surface area contributed by atoms with E-state index in [-0.39, 0.29) is 6.42 Å². The lowest BCUT2D eigenvalue weighted by atomic mass is 9.97. The summed E-state index contributed by atoms with van der Waals surface area (Å²) in [6.07, 6.45) is 0.995. The summed E-state index contributed by atoms with van der Waals surface area (Å²) in [5.74, 6) is -0.557. The molecule has 3 aromatic carbocycles. The van der Waals surface area contributed by atoms with E-state index in [0.29, 0.717) is 17.0 Å². The summed E-state index contributed by atoms with van der Waals surface area (Å²) >= 11 is 0. The lowest BCUT2D eigenvalue weighted by molar-refractivity contribution is -0.116. The smallest absolute Gasteiger partial charge is 0.258 e. The molecule has 7 heteroatoms. The number of para-hydroxylation sites is 2. The van der Waals surface area contributed by atoms with Gasteiger partial charge in [-0.1, -0.05) is 41.6 Å². The molecule has 1 amide bonds. The van der Waals surface area contributed by atoms with E-state index < -0.39 is 11.9 Å². The molecule has 1 N–H and O–H groups in total. The number of rotatable bonds is 6. The Morgan fingerprint density at radius 2 is 1.73 bits per heavy atom. The number of carbonyl (C=O) groups is 2. The van der Waals surface area contributed by atoms with E-state index in [1.807, 2.05) is 36.4 Å².